The fourth-order valence-electron chi connectivity index (χ4n) is 2.29. The average Bonchev–Trinajstić information content (AvgIpc) is 2.67. The summed E-state index contributed by atoms with van der Waals surface area (Å²) in [7, 11) is 1.42. The number of benzene rings is 2. The quantitative estimate of drug-likeness (QED) is 0.337. The van der Waals surface area contributed by atoms with E-state index in [1.54, 1.807) is 36.4 Å². The molecule has 0 spiro atoms. The summed E-state index contributed by atoms with van der Waals surface area (Å²) in [4.78, 5) is 23.3. The molecule has 1 atom stereocenters. The Morgan fingerprint density at radius 3 is 2.56 bits per heavy atom. The van der Waals surface area contributed by atoms with Crippen molar-refractivity contribution < 1.29 is 29.4 Å². The lowest BCUT2D eigenvalue weighted by Gasteiger charge is -2.18. The summed E-state index contributed by atoms with van der Waals surface area (Å²) >= 11 is 0. The van der Waals surface area contributed by atoms with Gasteiger partial charge >= 0.3 is 6.09 Å². The topological polar surface area (TPSA) is 117 Å². The minimum absolute atomic E-state index is 0.107. The summed E-state index contributed by atoms with van der Waals surface area (Å²) in [6, 6.07) is 13.4. The van der Waals surface area contributed by atoms with E-state index in [-0.39, 0.29) is 17.9 Å². The number of nitrogens with one attached hydrogen (secondary N) is 2. The monoisotopic (exact) mass is 372 g/mol. The van der Waals surface area contributed by atoms with E-state index >= 15 is 0 Å². The van der Waals surface area contributed by atoms with E-state index in [9.17, 15) is 14.7 Å². The Kier molecular flexibility index (Phi) is 7.21. The van der Waals surface area contributed by atoms with Gasteiger partial charge in [0.15, 0.2) is 11.5 Å². The summed E-state index contributed by atoms with van der Waals surface area (Å²) < 4.78 is 10.4. The first-order valence-electron chi connectivity index (χ1n) is 8.03. The first-order chi connectivity index (χ1) is 13.0. The zero-order valence-electron chi connectivity index (χ0n) is 14.6. The van der Waals surface area contributed by atoms with Crippen molar-refractivity contribution in [2.45, 2.75) is 12.5 Å². The van der Waals surface area contributed by atoms with Crippen molar-refractivity contribution in [3.8, 4) is 11.5 Å². The van der Waals surface area contributed by atoms with Crippen LogP contribution in [0, 0.1) is 0 Å². The van der Waals surface area contributed by atoms with E-state index in [2.05, 4.69) is 5.32 Å². The lowest BCUT2D eigenvalue weighted by molar-refractivity contribution is -0.124. The van der Waals surface area contributed by atoms with Crippen LogP contribution in [0.2, 0.25) is 0 Å². The van der Waals surface area contributed by atoms with Gasteiger partial charge in [0.25, 0.3) is 5.91 Å². The number of phenolic OH excluding ortho intramolecular Hbond substituents is 1. The van der Waals surface area contributed by atoms with Crippen molar-refractivity contribution in [1.29, 1.82) is 0 Å². The van der Waals surface area contributed by atoms with Crippen molar-refractivity contribution in [3.63, 3.8) is 0 Å². The molecule has 0 aliphatic rings. The second kappa shape index (κ2) is 9.83. The Morgan fingerprint density at radius 2 is 1.93 bits per heavy atom. The molecule has 0 saturated carbocycles. The number of carbonyl (C=O) groups is 2. The molecule has 4 N–H and O–H groups in total. The third kappa shape index (κ3) is 6.05. The Hall–Kier alpha value is -3.52. The molecule has 0 radical (unpaired) electrons. The number of methoxy groups -OCH3 is 1. The smallest absolute Gasteiger partial charge is 0.412 e. The second-order valence-electron chi connectivity index (χ2n) is 5.43. The van der Waals surface area contributed by atoms with Crippen LogP contribution in [0.3, 0.4) is 0 Å². The molecular weight excluding hydrogens is 352 g/mol. The van der Waals surface area contributed by atoms with Gasteiger partial charge in [0.1, 0.15) is 6.10 Å². The van der Waals surface area contributed by atoms with Crippen molar-refractivity contribution in [2.75, 3.05) is 12.4 Å². The number of hydrogen-bond donors (Lipinski definition) is 4. The molecule has 8 nitrogen and oxygen atoms in total. The molecule has 142 valence electrons. The van der Waals surface area contributed by atoms with E-state index in [0.717, 1.165) is 6.08 Å². The molecule has 2 aromatic carbocycles. The van der Waals surface area contributed by atoms with E-state index in [0.29, 0.717) is 11.3 Å². The highest BCUT2D eigenvalue weighted by Gasteiger charge is 2.18. The molecule has 2 aromatic rings. The van der Waals surface area contributed by atoms with Crippen molar-refractivity contribution >= 4 is 17.7 Å². The van der Waals surface area contributed by atoms with E-state index in [4.69, 9.17) is 14.7 Å². The van der Waals surface area contributed by atoms with Crippen molar-refractivity contribution in [3.05, 3.63) is 66.2 Å². The van der Waals surface area contributed by atoms with Gasteiger partial charge < -0.3 is 14.6 Å². The fraction of sp³-hybridized carbons (Fsp3) is 0.158. The first-order valence-corrected chi connectivity index (χ1v) is 8.03. The van der Waals surface area contributed by atoms with E-state index < -0.39 is 18.1 Å². The van der Waals surface area contributed by atoms with Gasteiger partial charge in [-0.25, -0.2) is 10.3 Å². The highest BCUT2D eigenvalue weighted by Crippen LogP contribution is 2.32. The first kappa shape index (κ1) is 19.8. The van der Waals surface area contributed by atoms with Crippen LogP contribution in [0.15, 0.2) is 60.7 Å². The van der Waals surface area contributed by atoms with Crippen molar-refractivity contribution in [2.24, 2.45) is 0 Å². The standard InChI is InChI=1S/C19H20N2O6/c1-26-17-11-10-13(12-15(17)22)16(8-5-9-18(23)21-25)27-19(24)20-14-6-3-2-4-7-14/h2-7,9-12,16,22,25H,8H2,1H3,(H,20,24)(H,21,23)/b9-5+/t16-/m0/s1. The maximum Gasteiger partial charge on any atom is 0.412 e. The average molecular weight is 372 g/mol. The normalized spacial score (nSPS) is 11.6. The Balaban J connectivity index is 2.15. The maximum atomic E-state index is 12.2. The molecule has 0 fully saturated rings. The molecule has 2 rings (SSSR count). The van der Waals surface area contributed by atoms with E-state index in [1.165, 1.54) is 24.7 Å². The van der Waals surface area contributed by atoms with Crippen LogP contribution in [-0.2, 0) is 9.53 Å². The van der Waals surface area contributed by atoms with Gasteiger partial charge in [-0.3, -0.25) is 15.3 Å². The number of anilines is 1. The molecule has 27 heavy (non-hydrogen) atoms. The fourth-order valence-corrected chi connectivity index (χ4v) is 2.29. The number of ether oxygens (including phenoxy) is 2. The molecule has 0 bridgehead atoms. The molecule has 0 heterocycles. The van der Waals surface area contributed by atoms with Crippen LogP contribution in [0.25, 0.3) is 0 Å². The van der Waals surface area contributed by atoms with Gasteiger partial charge in [0, 0.05) is 18.2 Å². The molecule has 8 heteroatoms. The van der Waals surface area contributed by atoms with Gasteiger partial charge in [-0.05, 0) is 29.8 Å². The third-order valence-corrected chi connectivity index (χ3v) is 3.57. The van der Waals surface area contributed by atoms with Crippen LogP contribution in [-0.4, -0.2) is 29.4 Å². The molecule has 0 saturated heterocycles. The van der Waals surface area contributed by atoms with Gasteiger partial charge in [0.05, 0.1) is 7.11 Å². The summed E-state index contributed by atoms with van der Waals surface area (Å²) in [5, 5.41) is 21.1. The van der Waals surface area contributed by atoms with E-state index in [1.807, 2.05) is 6.07 Å². The van der Waals surface area contributed by atoms with Gasteiger partial charge in [0.2, 0.25) is 0 Å². The molecule has 0 aliphatic carbocycles. The molecule has 0 aromatic heterocycles. The summed E-state index contributed by atoms with van der Waals surface area (Å²) in [6.45, 7) is 0. The summed E-state index contributed by atoms with van der Waals surface area (Å²) in [5.41, 5.74) is 2.54. The minimum Gasteiger partial charge on any atom is -0.504 e. The van der Waals surface area contributed by atoms with Crippen LogP contribution < -0.4 is 15.5 Å². The van der Waals surface area contributed by atoms with Crippen LogP contribution in [0.5, 0.6) is 11.5 Å². The lowest BCUT2D eigenvalue weighted by Crippen LogP contribution is -2.18. The number of hydrogen-bond acceptors (Lipinski definition) is 6. The molecule has 0 aliphatic heterocycles. The third-order valence-electron chi connectivity index (χ3n) is 3.57. The zero-order valence-corrected chi connectivity index (χ0v) is 14.6. The summed E-state index contributed by atoms with van der Waals surface area (Å²) in [5.74, 6) is -0.536. The highest BCUT2D eigenvalue weighted by molar-refractivity contribution is 5.86. The van der Waals surface area contributed by atoms with Gasteiger partial charge in [-0.1, -0.05) is 30.3 Å². The van der Waals surface area contributed by atoms with Crippen LogP contribution >= 0.6 is 0 Å². The number of carbonyl (C=O) groups excluding carboxylic acids is 2. The van der Waals surface area contributed by atoms with Gasteiger partial charge in [-0.2, -0.15) is 0 Å². The number of para-hydroxylation sites is 1. The number of hydroxylamine groups is 1. The molecular formula is C19H20N2O6. The highest BCUT2D eigenvalue weighted by atomic mass is 16.6. The number of aromatic hydroxyl groups is 1. The minimum atomic E-state index is -0.784. The largest absolute Gasteiger partial charge is 0.504 e. The number of amides is 2. The van der Waals surface area contributed by atoms with Crippen LogP contribution in [0.4, 0.5) is 10.5 Å². The van der Waals surface area contributed by atoms with Gasteiger partial charge in [-0.15, -0.1) is 0 Å². The lowest BCUT2D eigenvalue weighted by atomic mass is 10.1. The second-order valence-corrected chi connectivity index (χ2v) is 5.43. The molecule has 0 unspecified atom stereocenters. The number of rotatable bonds is 7. The SMILES string of the molecule is COc1ccc([C@H](C/C=C/C(=O)NO)OC(=O)Nc2ccccc2)cc1O. The molecule has 2 amide bonds. The maximum absolute atomic E-state index is 12.2. The van der Waals surface area contributed by atoms with Crippen LogP contribution in [0.1, 0.15) is 18.1 Å². The Bertz CT molecular complexity index is 807. The Morgan fingerprint density at radius 1 is 1.19 bits per heavy atom. The summed E-state index contributed by atoms with van der Waals surface area (Å²) in [6.07, 6.45) is 1.21. The predicted molar refractivity (Wildman–Crippen MR) is 97.6 cm³/mol. The predicted octanol–water partition coefficient (Wildman–Crippen LogP) is 3.14. The Labute approximate surface area is 156 Å². The van der Waals surface area contributed by atoms with Crippen molar-refractivity contribution in [1.82, 2.24) is 5.48 Å². The number of phenols is 1. The zero-order chi connectivity index (χ0) is 19.6.